The van der Waals surface area contributed by atoms with Crippen LogP contribution in [-0.4, -0.2) is 29.2 Å². The molecule has 3 rings (SSSR count). The van der Waals surface area contributed by atoms with Crippen molar-refractivity contribution in [2.45, 2.75) is 18.1 Å². The lowest BCUT2D eigenvalue weighted by Gasteiger charge is -2.10. The predicted molar refractivity (Wildman–Crippen MR) is 91.0 cm³/mol. The molecule has 0 saturated carbocycles. The molecule has 0 N–H and O–H groups in total. The Kier molecular flexibility index (Phi) is 5.81. The van der Waals surface area contributed by atoms with E-state index in [9.17, 15) is 21.6 Å². The average Bonchev–Trinajstić information content (AvgIpc) is 3.05. The first-order valence-corrected chi connectivity index (χ1v) is 9.28. The van der Waals surface area contributed by atoms with E-state index in [1.165, 1.54) is 12.3 Å². The Morgan fingerprint density at radius 2 is 1.65 bits per heavy atom. The molecular weight excluding hydrogens is 367 g/mol. The topological polar surface area (TPSA) is 64.8 Å². The van der Waals surface area contributed by atoms with Crippen molar-refractivity contribution >= 4 is 9.84 Å². The van der Waals surface area contributed by atoms with Gasteiger partial charge in [-0.3, -0.25) is 0 Å². The van der Waals surface area contributed by atoms with Crippen LogP contribution in [0.1, 0.15) is 5.69 Å². The fourth-order valence-corrected chi connectivity index (χ4v) is 2.68. The maximum absolute atomic E-state index is 12.6. The highest BCUT2D eigenvalue weighted by Crippen LogP contribution is 2.27. The number of aromatic nitrogens is 3. The minimum atomic E-state index is -4.47. The van der Waals surface area contributed by atoms with E-state index in [1.807, 2.05) is 0 Å². The van der Waals surface area contributed by atoms with E-state index < -0.39 is 16.1 Å². The zero-order valence-electron chi connectivity index (χ0n) is 14.0. The smallest absolute Gasteiger partial charge is 0.250 e. The molecule has 0 spiro atoms. The molecule has 0 unspecified atom stereocenters. The Hall–Kier alpha value is -2.68. The SMILES string of the molecule is CS(=O)(=O)c1ccccc1.Cc1cccc(-c2nccn2C(F)(F)F)n1. The molecule has 0 aliphatic heterocycles. The standard InChI is InChI=1S/C10H8F3N3.C7H8O2S/c1-7-3-2-4-8(15-7)9-14-5-6-16(9)10(11,12)13;1-10(8,9)7-5-3-2-4-6-7/h2-6H,1H3;2-6H,1H3. The van der Waals surface area contributed by atoms with Crippen LogP contribution in [0.15, 0.2) is 65.8 Å². The van der Waals surface area contributed by atoms with Gasteiger partial charge in [-0.25, -0.2) is 23.0 Å². The van der Waals surface area contributed by atoms with Crippen LogP contribution in [0.5, 0.6) is 0 Å². The molecule has 1 aromatic carbocycles. The molecule has 5 nitrogen and oxygen atoms in total. The molecule has 3 aromatic rings. The van der Waals surface area contributed by atoms with Crippen LogP contribution in [-0.2, 0) is 16.1 Å². The summed E-state index contributed by atoms with van der Waals surface area (Å²) in [4.78, 5) is 8.05. The maximum Gasteiger partial charge on any atom is 0.490 e. The van der Waals surface area contributed by atoms with Crippen molar-refractivity contribution < 1.29 is 21.6 Å². The van der Waals surface area contributed by atoms with Gasteiger partial charge in [-0.05, 0) is 31.2 Å². The zero-order valence-corrected chi connectivity index (χ0v) is 14.8. The number of halogens is 3. The summed E-state index contributed by atoms with van der Waals surface area (Å²) in [6, 6.07) is 13.2. The van der Waals surface area contributed by atoms with Gasteiger partial charge in [0.25, 0.3) is 0 Å². The Morgan fingerprint density at radius 3 is 2.15 bits per heavy atom. The Morgan fingerprint density at radius 1 is 1.00 bits per heavy atom. The summed E-state index contributed by atoms with van der Waals surface area (Å²) in [5.41, 5.74) is 0.858. The van der Waals surface area contributed by atoms with Crippen molar-refractivity contribution in [2.24, 2.45) is 0 Å². The van der Waals surface area contributed by atoms with Crippen molar-refractivity contribution in [2.75, 3.05) is 6.26 Å². The summed E-state index contributed by atoms with van der Waals surface area (Å²) < 4.78 is 59.5. The third-order valence-electron chi connectivity index (χ3n) is 3.20. The molecule has 2 heterocycles. The molecule has 0 atom stereocenters. The first kappa shape index (κ1) is 19.6. The lowest BCUT2D eigenvalue weighted by atomic mass is 10.3. The summed E-state index contributed by atoms with van der Waals surface area (Å²) >= 11 is 0. The highest BCUT2D eigenvalue weighted by atomic mass is 32.2. The van der Waals surface area contributed by atoms with Gasteiger partial charge in [-0.1, -0.05) is 24.3 Å². The number of imidazole rings is 1. The van der Waals surface area contributed by atoms with Crippen molar-refractivity contribution in [3.05, 3.63) is 66.6 Å². The van der Waals surface area contributed by atoms with Crippen LogP contribution < -0.4 is 0 Å². The van der Waals surface area contributed by atoms with Gasteiger partial charge in [0.1, 0.15) is 5.69 Å². The predicted octanol–water partition coefficient (Wildman–Crippen LogP) is 3.82. The summed E-state index contributed by atoms with van der Waals surface area (Å²) in [6.07, 6.45) is -1.30. The molecule has 0 radical (unpaired) electrons. The molecule has 0 amide bonds. The summed E-state index contributed by atoms with van der Waals surface area (Å²) in [6.45, 7) is 1.71. The first-order chi connectivity index (χ1) is 12.1. The van der Waals surface area contributed by atoms with Crippen LogP contribution >= 0.6 is 0 Å². The summed E-state index contributed by atoms with van der Waals surface area (Å²) in [7, 11) is -3.00. The van der Waals surface area contributed by atoms with Crippen molar-refractivity contribution in [3.63, 3.8) is 0 Å². The van der Waals surface area contributed by atoms with E-state index in [0.717, 1.165) is 12.4 Å². The third kappa shape index (κ3) is 5.16. The monoisotopic (exact) mass is 383 g/mol. The van der Waals surface area contributed by atoms with Crippen molar-refractivity contribution in [1.82, 2.24) is 14.5 Å². The van der Waals surface area contributed by atoms with E-state index in [-0.39, 0.29) is 16.1 Å². The van der Waals surface area contributed by atoms with Crippen LogP contribution in [0.4, 0.5) is 13.2 Å². The maximum atomic E-state index is 12.6. The van der Waals surface area contributed by atoms with Gasteiger partial charge in [0.15, 0.2) is 15.7 Å². The average molecular weight is 383 g/mol. The zero-order chi connectivity index (χ0) is 19.4. The van der Waals surface area contributed by atoms with E-state index >= 15 is 0 Å². The van der Waals surface area contributed by atoms with Crippen LogP contribution in [0, 0.1) is 6.92 Å². The van der Waals surface area contributed by atoms with E-state index in [0.29, 0.717) is 10.6 Å². The van der Waals surface area contributed by atoms with Crippen LogP contribution in [0.3, 0.4) is 0 Å². The second-order valence-corrected chi connectivity index (χ2v) is 7.35. The molecule has 138 valence electrons. The number of aryl methyl sites for hydroxylation is 1. The second kappa shape index (κ2) is 7.69. The van der Waals surface area contributed by atoms with Gasteiger partial charge in [0, 0.05) is 24.3 Å². The molecule has 9 heteroatoms. The number of nitrogens with zero attached hydrogens (tertiary/aromatic N) is 3. The highest BCUT2D eigenvalue weighted by Gasteiger charge is 2.33. The quantitative estimate of drug-likeness (QED) is 0.675. The van der Waals surface area contributed by atoms with Gasteiger partial charge in [0.2, 0.25) is 0 Å². The van der Waals surface area contributed by atoms with E-state index in [2.05, 4.69) is 9.97 Å². The minimum Gasteiger partial charge on any atom is -0.250 e. The normalized spacial score (nSPS) is 11.6. The number of pyridine rings is 1. The van der Waals surface area contributed by atoms with Crippen molar-refractivity contribution in [1.29, 1.82) is 0 Å². The second-order valence-electron chi connectivity index (χ2n) is 5.34. The fraction of sp³-hybridized carbons (Fsp3) is 0.176. The lowest BCUT2D eigenvalue weighted by molar-refractivity contribution is -0.202. The van der Waals surface area contributed by atoms with Crippen LogP contribution in [0.2, 0.25) is 0 Å². The Labute approximate surface area is 149 Å². The van der Waals surface area contributed by atoms with Crippen molar-refractivity contribution in [3.8, 4) is 11.5 Å². The minimum absolute atomic E-state index is 0.148. The molecule has 0 bridgehead atoms. The summed E-state index contributed by atoms with van der Waals surface area (Å²) in [5, 5.41) is 0. The van der Waals surface area contributed by atoms with Gasteiger partial charge in [0.05, 0.1) is 4.90 Å². The van der Waals surface area contributed by atoms with Gasteiger partial charge < -0.3 is 0 Å². The molecule has 0 aliphatic rings. The number of benzene rings is 1. The first-order valence-electron chi connectivity index (χ1n) is 7.39. The molecule has 2 aromatic heterocycles. The fourth-order valence-electron chi connectivity index (χ4n) is 2.03. The van der Waals surface area contributed by atoms with Crippen LogP contribution in [0.25, 0.3) is 11.5 Å². The molecular formula is C17H16F3N3O2S. The van der Waals surface area contributed by atoms with Gasteiger partial charge in [-0.2, -0.15) is 0 Å². The molecule has 0 aliphatic carbocycles. The highest BCUT2D eigenvalue weighted by molar-refractivity contribution is 7.90. The van der Waals surface area contributed by atoms with E-state index in [4.69, 9.17) is 0 Å². The Balaban J connectivity index is 0.000000209. The number of rotatable bonds is 2. The lowest BCUT2D eigenvalue weighted by Crippen LogP contribution is -2.17. The van der Waals surface area contributed by atoms with Gasteiger partial charge in [-0.15, -0.1) is 13.2 Å². The van der Waals surface area contributed by atoms with Gasteiger partial charge >= 0.3 is 6.30 Å². The number of alkyl halides is 3. The van der Waals surface area contributed by atoms with E-state index in [1.54, 1.807) is 49.4 Å². The largest absolute Gasteiger partial charge is 0.490 e. The molecule has 0 fully saturated rings. The number of sulfone groups is 1. The Bertz CT molecular complexity index is 968. The number of hydrogen-bond acceptors (Lipinski definition) is 4. The summed E-state index contributed by atoms with van der Waals surface area (Å²) in [5.74, 6) is -0.198. The molecule has 0 saturated heterocycles. The number of hydrogen-bond donors (Lipinski definition) is 0. The third-order valence-corrected chi connectivity index (χ3v) is 4.33. The molecule has 26 heavy (non-hydrogen) atoms.